The van der Waals surface area contributed by atoms with Crippen molar-refractivity contribution < 1.29 is 13.2 Å². The van der Waals surface area contributed by atoms with E-state index in [1.54, 1.807) is 6.92 Å². The summed E-state index contributed by atoms with van der Waals surface area (Å²) in [5.41, 5.74) is -0.447. The van der Waals surface area contributed by atoms with Crippen molar-refractivity contribution >= 4 is 10.0 Å². The first-order valence-corrected chi connectivity index (χ1v) is 7.75. The van der Waals surface area contributed by atoms with Gasteiger partial charge < -0.3 is 10.1 Å². The quantitative estimate of drug-likeness (QED) is 0.732. The Morgan fingerprint density at radius 3 is 2.71 bits per heavy atom. The number of rotatable bonds is 6. The lowest BCUT2D eigenvalue weighted by molar-refractivity contribution is 0.0385. The topological polar surface area (TPSA) is 67.4 Å². The van der Waals surface area contributed by atoms with Crippen LogP contribution in [0.2, 0.25) is 0 Å². The van der Waals surface area contributed by atoms with E-state index in [1.165, 1.54) is 0 Å². The van der Waals surface area contributed by atoms with Crippen LogP contribution in [0.15, 0.2) is 0 Å². The van der Waals surface area contributed by atoms with Gasteiger partial charge in [-0.1, -0.05) is 6.92 Å². The maximum Gasteiger partial charge on any atom is 0.216 e. The van der Waals surface area contributed by atoms with E-state index in [4.69, 9.17) is 4.74 Å². The third-order valence-electron chi connectivity index (χ3n) is 3.04. The lowest BCUT2D eigenvalue weighted by Gasteiger charge is -2.34. The zero-order chi connectivity index (χ0) is 12.9. The lowest BCUT2D eigenvalue weighted by Crippen LogP contribution is -2.54. The lowest BCUT2D eigenvalue weighted by atomic mass is 9.97. The Kier molecular flexibility index (Phi) is 5.37. The van der Waals surface area contributed by atoms with Crippen molar-refractivity contribution in [3.05, 3.63) is 0 Å². The van der Waals surface area contributed by atoms with E-state index >= 15 is 0 Å². The molecule has 1 aliphatic heterocycles. The van der Waals surface area contributed by atoms with Crippen LogP contribution >= 0.6 is 0 Å². The second kappa shape index (κ2) is 6.13. The number of nitrogens with one attached hydrogen (secondary N) is 2. The van der Waals surface area contributed by atoms with Gasteiger partial charge in [0, 0.05) is 13.2 Å². The molecule has 0 aromatic rings. The first-order chi connectivity index (χ1) is 7.90. The summed E-state index contributed by atoms with van der Waals surface area (Å²) in [5.74, 6) is 0. The Bertz CT molecular complexity index is 324. The highest BCUT2D eigenvalue weighted by atomic mass is 32.2. The number of ether oxygens (including phenoxy) is 1. The predicted molar refractivity (Wildman–Crippen MR) is 68.5 cm³/mol. The van der Waals surface area contributed by atoms with Crippen LogP contribution in [0.5, 0.6) is 0 Å². The minimum Gasteiger partial charge on any atom is -0.380 e. The van der Waals surface area contributed by atoms with Crippen molar-refractivity contribution in [3.8, 4) is 0 Å². The molecule has 0 bridgehead atoms. The summed E-state index contributed by atoms with van der Waals surface area (Å²) in [4.78, 5) is 0. The van der Waals surface area contributed by atoms with Gasteiger partial charge >= 0.3 is 0 Å². The predicted octanol–water partition coefficient (Wildman–Crippen LogP) is 0.473. The van der Waals surface area contributed by atoms with Crippen molar-refractivity contribution in [3.63, 3.8) is 0 Å². The molecule has 2 atom stereocenters. The van der Waals surface area contributed by atoms with Gasteiger partial charge in [-0.2, -0.15) is 0 Å². The van der Waals surface area contributed by atoms with Gasteiger partial charge in [-0.3, -0.25) is 0 Å². The fraction of sp³-hybridized carbons (Fsp3) is 1.00. The SMILES string of the molecule is CCNCC(C)S(=O)(=O)NC1(C)CCCOC1. The summed E-state index contributed by atoms with van der Waals surface area (Å²) < 4.78 is 32.3. The van der Waals surface area contributed by atoms with Gasteiger partial charge in [0.25, 0.3) is 0 Å². The molecule has 0 aromatic carbocycles. The number of hydrogen-bond acceptors (Lipinski definition) is 4. The second-order valence-electron chi connectivity index (χ2n) is 4.98. The molecule has 5 nitrogen and oxygen atoms in total. The Hall–Kier alpha value is -0.170. The molecular weight excluding hydrogens is 240 g/mol. The molecule has 6 heteroatoms. The zero-order valence-corrected chi connectivity index (χ0v) is 11.8. The maximum absolute atomic E-state index is 12.1. The van der Waals surface area contributed by atoms with Crippen molar-refractivity contribution in [2.24, 2.45) is 0 Å². The molecule has 1 aliphatic rings. The monoisotopic (exact) mass is 264 g/mol. The molecule has 0 spiro atoms. The summed E-state index contributed by atoms with van der Waals surface area (Å²) in [6, 6.07) is 0. The Labute approximate surface area is 104 Å². The van der Waals surface area contributed by atoms with Gasteiger partial charge in [0.05, 0.1) is 17.4 Å². The van der Waals surface area contributed by atoms with E-state index < -0.39 is 20.8 Å². The first-order valence-electron chi connectivity index (χ1n) is 6.21. The van der Waals surface area contributed by atoms with Gasteiger partial charge in [-0.25, -0.2) is 13.1 Å². The fourth-order valence-electron chi connectivity index (χ4n) is 1.92. The van der Waals surface area contributed by atoms with Gasteiger partial charge in [-0.15, -0.1) is 0 Å². The van der Waals surface area contributed by atoms with E-state index in [-0.39, 0.29) is 0 Å². The molecule has 2 N–H and O–H groups in total. The standard InChI is InChI=1S/C11H24N2O3S/c1-4-12-8-10(2)17(14,15)13-11(3)6-5-7-16-9-11/h10,12-13H,4-9H2,1-3H3. The minimum absolute atomic E-state index is 0.429. The van der Waals surface area contributed by atoms with Crippen molar-refractivity contribution in [1.82, 2.24) is 10.0 Å². The van der Waals surface area contributed by atoms with Gasteiger partial charge in [-0.05, 0) is 33.2 Å². The van der Waals surface area contributed by atoms with Crippen LogP contribution in [0.3, 0.4) is 0 Å². The minimum atomic E-state index is -3.28. The van der Waals surface area contributed by atoms with E-state index in [2.05, 4.69) is 10.0 Å². The van der Waals surface area contributed by atoms with Gasteiger partial charge in [0.15, 0.2) is 0 Å². The second-order valence-corrected chi connectivity index (χ2v) is 7.08. The molecule has 1 rings (SSSR count). The first kappa shape index (κ1) is 14.9. The molecule has 1 heterocycles. The molecule has 2 unspecified atom stereocenters. The summed E-state index contributed by atoms with van der Waals surface area (Å²) in [7, 11) is -3.28. The van der Waals surface area contributed by atoms with Crippen LogP contribution in [-0.2, 0) is 14.8 Å². The molecular formula is C11H24N2O3S. The molecule has 102 valence electrons. The number of sulfonamides is 1. The van der Waals surface area contributed by atoms with Crippen LogP contribution in [0.4, 0.5) is 0 Å². The van der Waals surface area contributed by atoms with Gasteiger partial charge in [0.2, 0.25) is 10.0 Å². The molecule has 0 aromatic heterocycles. The average Bonchev–Trinajstić information content (AvgIpc) is 2.25. The third kappa shape index (κ3) is 4.54. The molecule has 0 aliphatic carbocycles. The largest absolute Gasteiger partial charge is 0.380 e. The molecule has 1 saturated heterocycles. The van der Waals surface area contributed by atoms with E-state index in [0.29, 0.717) is 13.2 Å². The molecule has 0 radical (unpaired) electrons. The zero-order valence-electron chi connectivity index (χ0n) is 11.0. The van der Waals surface area contributed by atoms with Crippen LogP contribution in [0, 0.1) is 0 Å². The highest BCUT2D eigenvalue weighted by Gasteiger charge is 2.34. The number of hydrogen-bond donors (Lipinski definition) is 2. The van der Waals surface area contributed by atoms with Crippen molar-refractivity contribution in [2.45, 2.75) is 44.4 Å². The van der Waals surface area contributed by atoms with E-state index in [0.717, 1.165) is 26.0 Å². The smallest absolute Gasteiger partial charge is 0.216 e. The third-order valence-corrected chi connectivity index (χ3v) is 5.04. The van der Waals surface area contributed by atoms with Gasteiger partial charge in [0.1, 0.15) is 0 Å². The summed E-state index contributed by atoms with van der Waals surface area (Å²) in [5, 5.41) is 2.62. The molecule has 1 fully saturated rings. The fourth-order valence-corrected chi connectivity index (χ4v) is 3.30. The average molecular weight is 264 g/mol. The Balaban J connectivity index is 2.58. The maximum atomic E-state index is 12.1. The highest BCUT2D eigenvalue weighted by Crippen LogP contribution is 2.20. The highest BCUT2D eigenvalue weighted by molar-refractivity contribution is 7.90. The van der Waals surface area contributed by atoms with Crippen molar-refractivity contribution in [1.29, 1.82) is 0 Å². The Morgan fingerprint density at radius 2 is 2.18 bits per heavy atom. The van der Waals surface area contributed by atoms with Crippen LogP contribution in [0.1, 0.15) is 33.6 Å². The van der Waals surface area contributed by atoms with E-state index in [9.17, 15) is 8.42 Å². The molecule has 0 saturated carbocycles. The van der Waals surface area contributed by atoms with Crippen LogP contribution < -0.4 is 10.0 Å². The molecule has 17 heavy (non-hydrogen) atoms. The van der Waals surface area contributed by atoms with Crippen LogP contribution in [0.25, 0.3) is 0 Å². The summed E-state index contributed by atoms with van der Waals surface area (Å²) in [6.45, 7) is 8.03. The van der Waals surface area contributed by atoms with Crippen molar-refractivity contribution in [2.75, 3.05) is 26.3 Å². The molecule has 0 amide bonds. The Morgan fingerprint density at radius 1 is 1.47 bits per heavy atom. The van der Waals surface area contributed by atoms with Crippen LogP contribution in [-0.4, -0.2) is 45.5 Å². The summed E-state index contributed by atoms with van der Waals surface area (Å²) >= 11 is 0. The summed E-state index contributed by atoms with van der Waals surface area (Å²) in [6.07, 6.45) is 1.74. The normalized spacial score (nSPS) is 27.9. The van der Waals surface area contributed by atoms with E-state index in [1.807, 2.05) is 13.8 Å².